The summed E-state index contributed by atoms with van der Waals surface area (Å²) in [6.45, 7) is 4.31. The molecule has 1 nitrogen and oxygen atoms in total. The van der Waals surface area contributed by atoms with Gasteiger partial charge in [0.15, 0.2) is 6.20 Å². The van der Waals surface area contributed by atoms with Crippen molar-refractivity contribution in [3.63, 3.8) is 0 Å². The zero-order valence-electron chi connectivity index (χ0n) is 11.6. The molecule has 0 aliphatic heterocycles. The van der Waals surface area contributed by atoms with E-state index in [1.807, 2.05) is 0 Å². The minimum atomic E-state index is 1.26. The van der Waals surface area contributed by atoms with Gasteiger partial charge in [0.25, 0.3) is 0 Å². The second-order valence-corrected chi connectivity index (χ2v) is 5.22. The molecule has 19 heavy (non-hydrogen) atoms. The number of nitrogens with zero attached hydrogens (tertiary/aromatic N) is 1. The van der Waals surface area contributed by atoms with E-state index < -0.39 is 0 Å². The standard InChI is InChI=1S/C18H18N/c1-13-8-9-17(14(2)10-13)18-11-15-6-4-5-7-16(15)12-19(18)3/h4-12H,1-3H3/q+1. The van der Waals surface area contributed by atoms with Crippen LogP contribution in [-0.2, 0) is 7.05 Å². The Labute approximate surface area is 114 Å². The predicted octanol–water partition coefficient (Wildman–Crippen LogP) is 3.95. The highest BCUT2D eigenvalue weighted by Gasteiger charge is 2.13. The summed E-state index contributed by atoms with van der Waals surface area (Å²) >= 11 is 0. The van der Waals surface area contributed by atoms with E-state index in [1.165, 1.54) is 33.2 Å². The Kier molecular flexibility index (Phi) is 2.83. The molecule has 0 unspecified atom stereocenters. The van der Waals surface area contributed by atoms with E-state index in [9.17, 15) is 0 Å². The smallest absolute Gasteiger partial charge is 0.200 e. The van der Waals surface area contributed by atoms with Crippen LogP contribution < -0.4 is 4.57 Å². The average molecular weight is 248 g/mol. The summed E-state index contributed by atoms with van der Waals surface area (Å²) in [7, 11) is 2.11. The third kappa shape index (κ3) is 2.12. The number of aryl methyl sites for hydroxylation is 3. The lowest BCUT2D eigenvalue weighted by Crippen LogP contribution is -2.30. The molecule has 1 heterocycles. The summed E-state index contributed by atoms with van der Waals surface area (Å²) in [5, 5.41) is 2.56. The molecule has 0 N–H and O–H groups in total. The Morgan fingerprint density at radius 3 is 2.32 bits per heavy atom. The van der Waals surface area contributed by atoms with Crippen LogP contribution in [0.1, 0.15) is 11.1 Å². The van der Waals surface area contributed by atoms with E-state index in [2.05, 4.69) is 80.2 Å². The van der Waals surface area contributed by atoms with Gasteiger partial charge in [-0.25, -0.2) is 4.57 Å². The SMILES string of the molecule is Cc1ccc(-c2cc3ccccc3c[n+]2C)c(C)c1. The van der Waals surface area contributed by atoms with Crippen molar-refractivity contribution in [3.8, 4) is 11.3 Å². The van der Waals surface area contributed by atoms with Crippen molar-refractivity contribution >= 4 is 10.8 Å². The lowest BCUT2D eigenvalue weighted by molar-refractivity contribution is -0.659. The van der Waals surface area contributed by atoms with Gasteiger partial charge < -0.3 is 0 Å². The van der Waals surface area contributed by atoms with E-state index in [0.717, 1.165) is 0 Å². The Balaban J connectivity index is 2.27. The summed E-state index contributed by atoms with van der Waals surface area (Å²) in [6, 6.07) is 17.4. The van der Waals surface area contributed by atoms with Gasteiger partial charge in [-0.05, 0) is 36.9 Å². The molecule has 94 valence electrons. The Bertz CT molecular complexity index is 757. The second kappa shape index (κ2) is 4.51. The van der Waals surface area contributed by atoms with Gasteiger partial charge in [0.2, 0.25) is 5.69 Å². The van der Waals surface area contributed by atoms with Crippen molar-refractivity contribution < 1.29 is 4.57 Å². The van der Waals surface area contributed by atoms with Crippen LogP contribution >= 0.6 is 0 Å². The van der Waals surface area contributed by atoms with Gasteiger partial charge in [0.05, 0.1) is 0 Å². The number of fused-ring (bicyclic) bond motifs is 1. The summed E-state index contributed by atoms with van der Waals surface area (Å²) in [5.41, 5.74) is 5.20. The first-order valence-electron chi connectivity index (χ1n) is 6.61. The maximum absolute atomic E-state index is 2.27. The number of benzene rings is 2. The molecule has 0 radical (unpaired) electrons. The van der Waals surface area contributed by atoms with Crippen molar-refractivity contribution in [3.05, 3.63) is 65.9 Å². The molecule has 3 rings (SSSR count). The molecule has 0 spiro atoms. The normalized spacial score (nSPS) is 10.9. The first kappa shape index (κ1) is 11.9. The van der Waals surface area contributed by atoms with Gasteiger partial charge in [0, 0.05) is 17.0 Å². The molecular weight excluding hydrogens is 230 g/mol. The molecule has 0 fully saturated rings. The summed E-state index contributed by atoms with van der Waals surface area (Å²) in [6.07, 6.45) is 2.20. The van der Waals surface area contributed by atoms with Crippen LogP contribution in [0, 0.1) is 13.8 Å². The van der Waals surface area contributed by atoms with Crippen LogP contribution in [0.3, 0.4) is 0 Å². The van der Waals surface area contributed by atoms with E-state index in [1.54, 1.807) is 0 Å². The van der Waals surface area contributed by atoms with Crippen molar-refractivity contribution in [1.29, 1.82) is 0 Å². The number of rotatable bonds is 1. The quantitative estimate of drug-likeness (QED) is 0.574. The Morgan fingerprint density at radius 2 is 1.58 bits per heavy atom. The zero-order valence-corrected chi connectivity index (χ0v) is 11.6. The molecular formula is C18H18N+. The number of hydrogen-bond donors (Lipinski definition) is 0. The van der Waals surface area contributed by atoms with Crippen LogP contribution in [0.5, 0.6) is 0 Å². The minimum Gasteiger partial charge on any atom is -0.200 e. The highest BCUT2D eigenvalue weighted by atomic mass is 14.9. The first-order chi connectivity index (χ1) is 9.15. The van der Waals surface area contributed by atoms with Crippen LogP contribution in [0.15, 0.2) is 54.7 Å². The Morgan fingerprint density at radius 1 is 0.842 bits per heavy atom. The van der Waals surface area contributed by atoms with Gasteiger partial charge in [-0.2, -0.15) is 0 Å². The molecule has 1 aromatic heterocycles. The molecule has 0 bridgehead atoms. The third-order valence-corrected chi connectivity index (χ3v) is 3.66. The molecule has 0 saturated heterocycles. The fraction of sp³-hybridized carbons (Fsp3) is 0.167. The maximum atomic E-state index is 2.27. The number of aromatic nitrogens is 1. The van der Waals surface area contributed by atoms with Crippen molar-refractivity contribution in [2.75, 3.05) is 0 Å². The summed E-state index contributed by atoms with van der Waals surface area (Å²) in [5.74, 6) is 0. The van der Waals surface area contributed by atoms with E-state index >= 15 is 0 Å². The summed E-state index contributed by atoms with van der Waals surface area (Å²) in [4.78, 5) is 0. The molecule has 0 aliphatic carbocycles. The van der Waals surface area contributed by atoms with E-state index in [4.69, 9.17) is 0 Å². The van der Waals surface area contributed by atoms with Gasteiger partial charge in [0.1, 0.15) is 7.05 Å². The number of pyridine rings is 1. The van der Waals surface area contributed by atoms with Crippen LogP contribution in [-0.4, -0.2) is 0 Å². The van der Waals surface area contributed by atoms with Gasteiger partial charge in [-0.1, -0.05) is 35.9 Å². The monoisotopic (exact) mass is 248 g/mol. The lowest BCUT2D eigenvalue weighted by Gasteiger charge is -2.06. The minimum absolute atomic E-state index is 1.26. The first-order valence-corrected chi connectivity index (χ1v) is 6.61. The molecule has 0 aliphatic rings. The van der Waals surface area contributed by atoms with Crippen LogP contribution in [0.2, 0.25) is 0 Å². The van der Waals surface area contributed by atoms with Gasteiger partial charge in [-0.3, -0.25) is 0 Å². The van der Waals surface area contributed by atoms with Gasteiger partial charge >= 0.3 is 0 Å². The molecule has 0 atom stereocenters. The van der Waals surface area contributed by atoms with Gasteiger partial charge in [-0.15, -0.1) is 0 Å². The second-order valence-electron chi connectivity index (χ2n) is 5.22. The van der Waals surface area contributed by atoms with Crippen molar-refractivity contribution in [2.45, 2.75) is 13.8 Å². The predicted molar refractivity (Wildman–Crippen MR) is 80.0 cm³/mol. The molecule has 3 aromatic rings. The fourth-order valence-electron chi connectivity index (χ4n) is 2.66. The van der Waals surface area contributed by atoms with Crippen molar-refractivity contribution in [2.24, 2.45) is 7.05 Å². The average Bonchev–Trinajstić information content (AvgIpc) is 2.38. The molecule has 0 saturated carbocycles. The van der Waals surface area contributed by atoms with E-state index in [-0.39, 0.29) is 0 Å². The number of hydrogen-bond acceptors (Lipinski definition) is 0. The maximum Gasteiger partial charge on any atom is 0.213 e. The summed E-state index contributed by atoms with van der Waals surface area (Å²) < 4.78 is 2.21. The fourth-order valence-corrected chi connectivity index (χ4v) is 2.66. The largest absolute Gasteiger partial charge is 0.213 e. The molecule has 1 heteroatoms. The highest BCUT2D eigenvalue weighted by Crippen LogP contribution is 2.24. The lowest BCUT2D eigenvalue weighted by atomic mass is 10.0. The van der Waals surface area contributed by atoms with Crippen LogP contribution in [0.4, 0.5) is 0 Å². The third-order valence-electron chi connectivity index (χ3n) is 3.66. The Hall–Kier alpha value is -2.15. The topological polar surface area (TPSA) is 3.88 Å². The van der Waals surface area contributed by atoms with E-state index in [0.29, 0.717) is 0 Å². The molecule has 2 aromatic carbocycles. The zero-order chi connectivity index (χ0) is 13.4. The molecule has 0 amide bonds. The highest BCUT2D eigenvalue weighted by molar-refractivity contribution is 5.84. The van der Waals surface area contributed by atoms with Crippen molar-refractivity contribution in [1.82, 2.24) is 0 Å². The van der Waals surface area contributed by atoms with Crippen LogP contribution in [0.25, 0.3) is 22.0 Å².